The highest BCUT2D eigenvalue weighted by molar-refractivity contribution is 6.32. The number of anilines is 2. The average molecular weight is 473 g/mol. The number of rotatable bonds is 7. The van der Waals surface area contributed by atoms with Gasteiger partial charge in [-0.05, 0) is 55.3 Å². The van der Waals surface area contributed by atoms with Gasteiger partial charge < -0.3 is 14.8 Å². The zero-order chi connectivity index (χ0) is 23.5. The van der Waals surface area contributed by atoms with Crippen LogP contribution >= 0.6 is 11.6 Å². The quantitative estimate of drug-likeness (QED) is 0.343. The van der Waals surface area contributed by atoms with E-state index in [1.54, 1.807) is 6.33 Å². The van der Waals surface area contributed by atoms with E-state index in [0.717, 1.165) is 33.6 Å². The van der Waals surface area contributed by atoms with Crippen molar-refractivity contribution in [2.75, 3.05) is 11.9 Å². The summed E-state index contributed by atoms with van der Waals surface area (Å²) < 4.78 is 11.6. The van der Waals surface area contributed by atoms with Gasteiger partial charge in [-0.3, -0.25) is 0 Å². The first kappa shape index (κ1) is 22.2. The number of benzene rings is 3. The zero-order valence-electron chi connectivity index (χ0n) is 19.1. The van der Waals surface area contributed by atoms with Crippen molar-refractivity contribution in [2.24, 2.45) is 4.99 Å². The maximum Gasteiger partial charge on any atom is 0.188 e. The summed E-state index contributed by atoms with van der Waals surface area (Å²) in [5, 5.41) is 4.82. The minimum absolute atomic E-state index is 0.213. The van der Waals surface area contributed by atoms with Crippen LogP contribution in [-0.2, 0) is 17.8 Å². The molecule has 0 saturated heterocycles. The first-order valence-electron chi connectivity index (χ1n) is 11.2. The van der Waals surface area contributed by atoms with Gasteiger partial charge in [0.15, 0.2) is 5.90 Å². The van der Waals surface area contributed by atoms with Crippen LogP contribution in [0.1, 0.15) is 23.6 Å². The van der Waals surface area contributed by atoms with E-state index in [2.05, 4.69) is 45.4 Å². The standard InChI is InChI=1S/C27H25ClN4O2/c1-17-4-3-5-20(10-17)15-33-25-9-7-21(13-23(25)28)32-27-22-11-19(6-8-24(22)29-16-30-27)12-26-31-18(2)14-34-26/h3-11,13,16,18H,12,14-15H2,1-2H3,(H,29,30,32)/t18-/m1/s1. The van der Waals surface area contributed by atoms with Crippen LogP contribution in [-0.4, -0.2) is 28.5 Å². The fourth-order valence-electron chi connectivity index (χ4n) is 3.92. The Kier molecular flexibility index (Phi) is 6.32. The van der Waals surface area contributed by atoms with E-state index in [9.17, 15) is 0 Å². The van der Waals surface area contributed by atoms with Crippen molar-refractivity contribution in [3.05, 3.63) is 88.7 Å². The summed E-state index contributed by atoms with van der Waals surface area (Å²) in [6, 6.07) is 20.2. The molecule has 34 heavy (non-hydrogen) atoms. The summed E-state index contributed by atoms with van der Waals surface area (Å²) in [4.78, 5) is 13.4. The second kappa shape index (κ2) is 9.69. The lowest BCUT2D eigenvalue weighted by molar-refractivity contribution is 0.306. The Balaban J connectivity index is 1.33. The molecule has 0 radical (unpaired) electrons. The molecule has 3 aromatic carbocycles. The molecular formula is C27H25ClN4O2. The van der Waals surface area contributed by atoms with Crippen LogP contribution < -0.4 is 10.1 Å². The van der Waals surface area contributed by atoms with E-state index in [1.165, 1.54) is 5.56 Å². The smallest absolute Gasteiger partial charge is 0.188 e. The van der Waals surface area contributed by atoms with E-state index in [-0.39, 0.29) is 6.04 Å². The number of hydrogen-bond acceptors (Lipinski definition) is 6. The Morgan fingerprint density at radius 2 is 1.97 bits per heavy atom. The van der Waals surface area contributed by atoms with E-state index < -0.39 is 0 Å². The molecule has 4 aromatic rings. The molecule has 1 N–H and O–H groups in total. The molecule has 2 heterocycles. The largest absolute Gasteiger partial charge is 0.487 e. The van der Waals surface area contributed by atoms with Crippen LogP contribution in [0.5, 0.6) is 5.75 Å². The summed E-state index contributed by atoms with van der Waals surface area (Å²) in [7, 11) is 0. The predicted octanol–water partition coefficient (Wildman–Crippen LogP) is 6.27. The van der Waals surface area contributed by atoms with Crippen LogP contribution in [0.3, 0.4) is 0 Å². The number of ether oxygens (including phenoxy) is 2. The van der Waals surface area contributed by atoms with Crippen molar-refractivity contribution in [2.45, 2.75) is 32.9 Å². The monoisotopic (exact) mass is 472 g/mol. The highest BCUT2D eigenvalue weighted by Crippen LogP contribution is 2.31. The number of hydrogen-bond donors (Lipinski definition) is 1. The van der Waals surface area contributed by atoms with E-state index >= 15 is 0 Å². The molecule has 7 heteroatoms. The summed E-state index contributed by atoms with van der Waals surface area (Å²) in [5.74, 6) is 2.11. The Morgan fingerprint density at radius 3 is 2.76 bits per heavy atom. The second-order valence-corrected chi connectivity index (χ2v) is 8.89. The summed E-state index contributed by atoms with van der Waals surface area (Å²) >= 11 is 6.52. The summed E-state index contributed by atoms with van der Waals surface area (Å²) in [5.41, 5.74) is 5.06. The fourth-order valence-corrected chi connectivity index (χ4v) is 4.15. The van der Waals surface area contributed by atoms with Crippen molar-refractivity contribution in [3.8, 4) is 5.75 Å². The molecule has 1 aromatic heterocycles. The number of fused-ring (bicyclic) bond motifs is 1. The first-order valence-corrected chi connectivity index (χ1v) is 11.6. The van der Waals surface area contributed by atoms with Gasteiger partial charge in [-0.25, -0.2) is 15.0 Å². The molecule has 0 bridgehead atoms. The maximum absolute atomic E-state index is 6.52. The van der Waals surface area contributed by atoms with Crippen molar-refractivity contribution in [3.63, 3.8) is 0 Å². The number of nitrogens with zero attached hydrogens (tertiary/aromatic N) is 3. The molecular weight excluding hydrogens is 448 g/mol. The average Bonchev–Trinajstić information content (AvgIpc) is 3.23. The molecule has 0 spiro atoms. The molecule has 1 aliphatic heterocycles. The van der Waals surface area contributed by atoms with Gasteiger partial charge >= 0.3 is 0 Å². The number of aliphatic imine (C=N–C) groups is 1. The predicted molar refractivity (Wildman–Crippen MR) is 136 cm³/mol. The minimum Gasteiger partial charge on any atom is -0.487 e. The summed E-state index contributed by atoms with van der Waals surface area (Å²) in [6.07, 6.45) is 2.20. The van der Waals surface area contributed by atoms with Gasteiger partial charge in [0.1, 0.15) is 31.1 Å². The highest BCUT2D eigenvalue weighted by atomic mass is 35.5. The molecule has 172 valence electrons. The Labute approximate surface area is 203 Å². The zero-order valence-corrected chi connectivity index (χ0v) is 19.8. The fraction of sp³-hybridized carbons (Fsp3) is 0.222. The highest BCUT2D eigenvalue weighted by Gasteiger charge is 2.15. The Morgan fingerprint density at radius 1 is 1.06 bits per heavy atom. The lowest BCUT2D eigenvalue weighted by atomic mass is 10.1. The number of nitrogens with one attached hydrogen (secondary N) is 1. The van der Waals surface area contributed by atoms with E-state index in [0.29, 0.717) is 36.2 Å². The second-order valence-electron chi connectivity index (χ2n) is 8.48. The number of halogens is 1. The van der Waals surface area contributed by atoms with Gasteiger partial charge in [-0.2, -0.15) is 0 Å². The molecule has 0 fully saturated rings. The van der Waals surface area contributed by atoms with Gasteiger partial charge in [-0.15, -0.1) is 0 Å². The number of aryl methyl sites for hydroxylation is 1. The topological polar surface area (TPSA) is 68.6 Å². The molecule has 0 aliphatic carbocycles. The molecule has 0 saturated carbocycles. The Bertz CT molecular complexity index is 1370. The van der Waals surface area contributed by atoms with Crippen LogP contribution in [0.4, 0.5) is 11.5 Å². The minimum atomic E-state index is 0.213. The molecule has 5 rings (SSSR count). The molecule has 0 amide bonds. The third kappa shape index (κ3) is 5.13. The first-order chi connectivity index (χ1) is 16.5. The van der Waals surface area contributed by atoms with Gasteiger partial charge in [0.25, 0.3) is 0 Å². The molecule has 0 unspecified atom stereocenters. The molecule has 1 atom stereocenters. The SMILES string of the molecule is Cc1cccc(COc2ccc(Nc3ncnc4ccc(CC5=N[C@H](C)CO5)cc34)cc2Cl)c1. The van der Waals surface area contributed by atoms with Crippen molar-refractivity contribution in [1.29, 1.82) is 0 Å². The normalized spacial score (nSPS) is 15.1. The van der Waals surface area contributed by atoms with E-state index in [1.807, 2.05) is 49.4 Å². The van der Waals surface area contributed by atoms with Crippen LogP contribution in [0, 0.1) is 6.92 Å². The van der Waals surface area contributed by atoms with Crippen molar-refractivity contribution >= 4 is 39.9 Å². The van der Waals surface area contributed by atoms with Gasteiger partial charge in [0.2, 0.25) is 0 Å². The van der Waals surface area contributed by atoms with Crippen LogP contribution in [0.15, 0.2) is 72.0 Å². The third-order valence-electron chi connectivity index (χ3n) is 5.58. The van der Waals surface area contributed by atoms with Gasteiger partial charge in [0, 0.05) is 17.5 Å². The van der Waals surface area contributed by atoms with E-state index in [4.69, 9.17) is 21.1 Å². The van der Waals surface area contributed by atoms with Crippen molar-refractivity contribution in [1.82, 2.24) is 9.97 Å². The molecule has 1 aliphatic rings. The van der Waals surface area contributed by atoms with Gasteiger partial charge in [-0.1, -0.05) is 47.5 Å². The molecule has 6 nitrogen and oxygen atoms in total. The van der Waals surface area contributed by atoms with Crippen LogP contribution in [0.25, 0.3) is 10.9 Å². The van der Waals surface area contributed by atoms with Crippen molar-refractivity contribution < 1.29 is 9.47 Å². The lowest BCUT2D eigenvalue weighted by Gasteiger charge is -2.12. The summed E-state index contributed by atoms with van der Waals surface area (Å²) in [6.45, 7) is 5.22. The third-order valence-corrected chi connectivity index (χ3v) is 5.88. The maximum atomic E-state index is 6.52. The van der Waals surface area contributed by atoms with Crippen LogP contribution in [0.2, 0.25) is 5.02 Å². The number of aromatic nitrogens is 2. The Hall–Kier alpha value is -3.64. The van der Waals surface area contributed by atoms with Gasteiger partial charge in [0.05, 0.1) is 16.6 Å². The lowest BCUT2D eigenvalue weighted by Crippen LogP contribution is -2.04.